The van der Waals surface area contributed by atoms with Crippen LogP contribution in [-0.4, -0.2) is 79.6 Å². The first-order valence-corrected chi connectivity index (χ1v) is 14.0. The number of anilines is 3. The van der Waals surface area contributed by atoms with Gasteiger partial charge in [-0.3, -0.25) is 0 Å². The number of hydrogen-bond donors (Lipinski definition) is 1. The van der Waals surface area contributed by atoms with Crippen molar-refractivity contribution in [2.45, 2.75) is 53.2 Å². The number of carbonyl (C=O) groups is 1. The summed E-state index contributed by atoms with van der Waals surface area (Å²) in [6.07, 6.45) is 1.29. The Hall–Kier alpha value is -4.22. The molecule has 1 fully saturated rings. The molecule has 3 heterocycles. The summed E-state index contributed by atoms with van der Waals surface area (Å²) in [5.74, 6) is -0.274. The number of amides is 1. The van der Waals surface area contributed by atoms with Crippen LogP contribution in [0.3, 0.4) is 0 Å². The molecule has 2 aromatic rings. The van der Waals surface area contributed by atoms with E-state index < -0.39 is 17.2 Å². The number of aromatic nitrogens is 1. The highest BCUT2D eigenvalue weighted by molar-refractivity contribution is 5.99. The van der Waals surface area contributed by atoms with Gasteiger partial charge in [0.15, 0.2) is 11.6 Å². The van der Waals surface area contributed by atoms with Crippen molar-refractivity contribution in [3.8, 4) is 5.75 Å². The molecule has 0 saturated carbocycles. The summed E-state index contributed by atoms with van der Waals surface area (Å²) in [5.41, 5.74) is 0.746. The standard InChI is InChI=1S/C30H39F2N7O3/c1-19(2)39-14-15-41-27-23(32)16-21(17-24(27)39)26(20(3)31)36-28(33-7)35-22-8-9-25(34-18-22)37-10-12-38(13-11-37)29(40)42-30(4,5)6/h8-9,16-19H,7,10-15H2,1-6H3,(H,35,36)/b26-20+. The van der Waals surface area contributed by atoms with Gasteiger partial charge < -0.3 is 29.5 Å². The van der Waals surface area contributed by atoms with Crippen molar-refractivity contribution in [3.63, 3.8) is 0 Å². The molecule has 1 amide bonds. The van der Waals surface area contributed by atoms with Gasteiger partial charge in [-0.2, -0.15) is 0 Å². The third-order valence-corrected chi connectivity index (χ3v) is 6.76. The average molecular weight is 584 g/mol. The monoisotopic (exact) mass is 583 g/mol. The number of ether oxygens (including phenoxy) is 2. The number of guanidine groups is 1. The van der Waals surface area contributed by atoms with Crippen molar-refractivity contribution >= 4 is 41.7 Å². The van der Waals surface area contributed by atoms with E-state index in [-0.39, 0.29) is 35.1 Å². The van der Waals surface area contributed by atoms with Crippen LogP contribution >= 0.6 is 0 Å². The first kappa shape index (κ1) is 30.7. The molecule has 2 aliphatic heterocycles. The Morgan fingerprint density at radius 1 is 1.17 bits per heavy atom. The van der Waals surface area contributed by atoms with E-state index in [2.05, 4.69) is 31.9 Å². The van der Waals surface area contributed by atoms with E-state index in [0.717, 1.165) is 5.82 Å². The number of nitrogens with zero attached hydrogens (tertiary/aromatic N) is 6. The van der Waals surface area contributed by atoms with Crippen molar-refractivity contribution in [2.75, 3.05) is 54.4 Å². The molecule has 226 valence electrons. The molecular weight excluding hydrogens is 544 g/mol. The van der Waals surface area contributed by atoms with E-state index in [4.69, 9.17) is 9.47 Å². The van der Waals surface area contributed by atoms with E-state index in [0.29, 0.717) is 50.7 Å². The molecule has 0 atom stereocenters. The minimum Gasteiger partial charge on any atom is -0.486 e. The maximum atomic E-state index is 15.0. The number of fused-ring (bicyclic) bond motifs is 1. The van der Waals surface area contributed by atoms with E-state index in [1.54, 1.807) is 23.2 Å². The second-order valence-electron chi connectivity index (χ2n) is 11.4. The topological polar surface area (TPSA) is 94.9 Å². The third kappa shape index (κ3) is 7.34. The molecule has 42 heavy (non-hydrogen) atoms. The lowest BCUT2D eigenvalue weighted by Crippen LogP contribution is -2.50. The molecule has 0 radical (unpaired) electrons. The maximum Gasteiger partial charge on any atom is 0.410 e. The van der Waals surface area contributed by atoms with Gasteiger partial charge in [-0.1, -0.05) is 0 Å². The van der Waals surface area contributed by atoms with Crippen LogP contribution < -0.4 is 19.9 Å². The first-order valence-electron chi connectivity index (χ1n) is 14.0. The highest BCUT2D eigenvalue weighted by Crippen LogP contribution is 2.39. The molecule has 0 aliphatic carbocycles. The molecule has 0 bridgehead atoms. The average Bonchev–Trinajstić information content (AvgIpc) is 2.94. The second kappa shape index (κ2) is 12.7. The Morgan fingerprint density at radius 3 is 2.45 bits per heavy atom. The van der Waals surface area contributed by atoms with Crippen molar-refractivity contribution in [3.05, 3.63) is 47.7 Å². The van der Waals surface area contributed by atoms with Crippen molar-refractivity contribution in [1.29, 1.82) is 0 Å². The van der Waals surface area contributed by atoms with E-state index in [1.165, 1.54) is 13.0 Å². The summed E-state index contributed by atoms with van der Waals surface area (Å²) in [6, 6.07) is 6.62. The Kier molecular flexibility index (Phi) is 9.33. The van der Waals surface area contributed by atoms with E-state index >= 15 is 4.39 Å². The molecule has 1 aromatic heterocycles. The van der Waals surface area contributed by atoms with Gasteiger partial charge in [0.1, 0.15) is 29.5 Å². The van der Waals surface area contributed by atoms with Gasteiger partial charge in [-0.15, -0.1) is 0 Å². The minimum absolute atomic E-state index is 0.0256. The lowest BCUT2D eigenvalue weighted by atomic mass is 10.1. The Labute approximate surface area is 245 Å². The number of aliphatic imine (C=N–C) groups is 2. The largest absolute Gasteiger partial charge is 0.486 e. The van der Waals surface area contributed by atoms with Crippen LogP contribution in [0.15, 0.2) is 46.3 Å². The second-order valence-corrected chi connectivity index (χ2v) is 11.4. The van der Waals surface area contributed by atoms with Crippen LogP contribution in [0.25, 0.3) is 5.70 Å². The molecule has 2 aliphatic rings. The van der Waals surface area contributed by atoms with Crippen molar-refractivity contribution in [2.24, 2.45) is 9.98 Å². The zero-order valence-electron chi connectivity index (χ0n) is 25.1. The molecule has 1 aromatic carbocycles. The summed E-state index contributed by atoms with van der Waals surface area (Å²) < 4.78 is 40.9. The van der Waals surface area contributed by atoms with Crippen LogP contribution in [0, 0.1) is 5.82 Å². The number of pyridine rings is 1. The van der Waals surface area contributed by atoms with Crippen molar-refractivity contribution in [1.82, 2.24) is 9.88 Å². The summed E-state index contributed by atoms with van der Waals surface area (Å²) in [4.78, 5) is 30.9. The minimum atomic E-state index is -0.607. The summed E-state index contributed by atoms with van der Waals surface area (Å²) in [7, 11) is 0. The normalized spacial score (nSPS) is 16.5. The van der Waals surface area contributed by atoms with Crippen LogP contribution in [0.4, 0.5) is 30.8 Å². The maximum absolute atomic E-state index is 15.0. The molecule has 1 N–H and O–H groups in total. The van der Waals surface area contributed by atoms with Crippen LogP contribution in [0.1, 0.15) is 47.1 Å². The number of rotatable bonds is 5. The van der Waals surface area contributed by atoms with Gasteiger partial charge in [-0.05, 0) is 72.5 Å². The summed E-state index contributed by atoms with van der Waals surface area (Å²) in [6.45, 7) is 17.6. The van der Waals surface area contributed by atoms with Crippen LogP contribution in [0.2, 0.25) is 0 Å². The molecule has 1 saturated heterocycles. The number of nitrogens with one attached hydrogen (secondary N) is 1. The van der Waals surface area contributed by atoms with E-state index in [1.807, 2.05) is 45.6 Å². The predicted molar refractivity (Wildman–Crippen MR) is 163 cm³/mol. The Morgan fingerprint density at radius 2 is 1.88 bits per heavy atom. The summed E-state index contributed by atoms with van der Waals surface area (Å²) >= 11 is 0. The van der Waals surface area contributed by atoms with Gasteiger partial charge in [0.25, 0.3) is 0 Å². The lowest BCUT2D eigenvalue weighted by Gasteiger charge is -2.36. The fourth-order valence-electron chi connectivity index (χ4n) is 4.74. The molecule has 12 heteroatoms. The molecule has 0 spiro atoms. The zero-order chi connectivity index (χ0) is 30.6. The first-order chi connectivity index (χ1) is 19.9. The number of hydrogen-bond acceptors (Lipinski definition) is 7. The number of halogens is 2. The van der Waals surface area contributed by atoms with Crippen molar-refractivity contribution < 1.29 is 23.0 Å². The fourth-order valence-corrected chi connectivity index (χ4v) is 4.74. The van der Waals surface area contributed by atoms with Gasteiger partial charge in [0.05, 0.1) is 24.1 Å². The third-order valence-electron chi connectivity index (χ3n) is 6.76. The molecule has 10 nitrogen and oxygen atoms in total. The smallest absolute Gasteiger partial charge is 0.410 e. The highest BCUT2D eigenvalue weighted by Gasteiger charge is 2.27. The SMILES string of the molecule is C=NC(=N/C(=C(\C)F)c1cc(F)c2c(c1)N(C(C)C)CCO2)Nc1ccc(N2CCN(C(=O)OC(C)(C)C)CC2)nc1. The molecule has 0 unspecified atom stereocenters. The van der Waals surface area contributed by atoms with E-state index in [9.17, 15) is 9.18 Å². The fraction of sp³-hybridized carbons (Fsp3) is 0.467. The van der Waals surface area contributed by atoms with Gasteiger partial charge in [0, 0.05) is 37.8 Å². The number of carbonyl (C=O) groups excluding carboxylic acids is 1. The van der Waals surface area contributed by atoms with Gasteiger partial charge in [0.2, 0.25) is 5.96 Å². The number of benzene rings is 1. The Bertz CT molecular complexity index is 1360. The number of allylic oxidation sites excluding steroid dienone is 1. The molecule has 4 rings (SSSR count). The number of piperazine rings is 1. The zero-order valence-corrected chi connectivity index (χ0v) is 25.1. The summed E-state index contributed by atoms with van der Waals surface area (Å²) in [5, 5.41) is 3.00. The van der Waals surface area contributed by atoms with Crippen LogP contribution in [0.5, 0.6) is 5.75 Å². The van der Waals surface area contributed by atoms with Crippen LogP contribution in [-0.2, 0) is 4.74 Å². The highest BCUT2D eigenvalue weighted by atomic mass is 19.1. The lowest BCUT2D eigenvalue weighted by molar-refractivity contribution is 0.0240. The van der Waals surface area contributed by atoms with Gasteiger partial charge in [-0.25, -0.2) is 28.5 Å². The predicted octanol–water partition coefficient (Wildman–Crippen LogP) is 5.71. The quantitative estimate of drug-likeness (QED) is 0.356. The molecular formula is C30H39F2N7O3. The Balaban J connectivity index is 1.47. The van der Waals surface area contributed by atoms with Gasteiger partial charge >= 0.3 is 6.09 Å².